The summed E-state index contributed by atoms with van der Waals surface area (Å²) in [4.78, 5) is 0. The number of aromatic nitrogens is 3. The first-order valence-corrected chi connectivity index (χ1v) is 6.44. The molecule has 6 nitrogen and oxygen atoms in total. The number of nitrogens with zero attached hydrogens (tertiary/aromatic N) is 3. The van der Waals surface area contributed by atoms with Crippen LogP contribution in [0.5, 0.6) is 5.75 Å². The molecule has 2 heterocycles. The van der Waals surface area contributed by atoms with E-state index in [0.717, 1.165) is 5.56 Å². The lowest BCUT2D eigenvalue weighted by Gasteiger charge is -2.09. The second-order valence-electron chi connectivity index (χ2n) is 4.25. The van der Waals surface area contributed by atoms with E-state index >= 15 is 0 Å². The van der Waals surface area contributed by atoms with Crippen LogP contribution in [0.15, 0.2) is 41.2 Å². The first-order valence-electron chi connectivity index (χ1n) is 6.07. The maximum Gasteiger partial charge on any atom is 0.230 e. The van der Waals surface area contributed by atoms with Crippen molar-refractivity contribution in [2.75, 3.05) is 12.8 Å². The molecule has 0 amide bonds. The van der Waals surface area contributed by atoms with Gasteiger partial charge in [-0.2, -0.15) is 10.2 Å². The fraction of sp³-hybridized carbons (Fsp3) is 0.0714. The van der Waals surface area contributed by atoms with Gasteiger partial charge in [-0.15, -0.1) is 0 Å². The number of hydrogen-bond acceptors (Lipinski definition) is 6. The maximum atomic E-state index is 6.07. The standard InChI is InChI=1S/C14H11ClN4O2/c1-20-11-3-2-9(15)6-10(11)12-13(19-21-14(12)16)8-4-5-17-18-7-8/h2-7H,16H2,1H3. The first-order chi connectivity index (χ1) is 10.2. The normalized spacial score (nSPS) is 10.6. The van der Waals surface area contributed by atoms with Crippen molar-refractivity contribution in [2.45, 2.75) is 0 Å². The van der Waals surface area contributed by atoms with E-state index in [4.69, 9.17) is 26.6 Å². The van der Waals surface area contributed by atoms with E-state index in [1.54, 1.807) is 43.8 Å². The summed E-state index contributed by atoms with van der Waals surface area (Å²) >= 11 is 6.07. The highest BCUT2D eigenvalue weighted by molar-refractivity contribution is 6.31. The van der Waals surface area contributed by atoms with Crippen LogP contribution in [0.2, 0.25) is 5.02 Å². The Labute approximate surface area is 125 Å². The summed E-state index contributed by atoms with van der Waals surface area (Å²) in [5, 5.41) is 12.1. The van der Waals surface area contributed by atoms with Gasteiger partial charge in [-0.25, -0.2) is 0 Å². The molecule has 2 N–H and O–H groups in total. The summed E-state index contributed by atoms with van der Waals surface area (Å²) in [6.45, 7) is 0. The molecule has 1 aromatic carbocycles. The molecule has 7 heteroatoms. The Bertz CT molecular complexity index is 774. The van der Waals surface area contributed by atoms with E-state index in [2.05, 4.69) is 15.4 Å². The predicted octanol–water partition coefficient (Wildman–Crippen LogP) is 3.04. The van der Waals surface area contributed by atoms with Crippen molar-refractivity contribution >= 4 is 17.5 Å². The summed E-state index contributed by atoms with van der Waals surface area (Å²) < 4.78 is 10.5. The van der Waals surface area contributed by atoms with Crippen LogP contribution >= 0.6 is 11.6 Å². The zero-order valence-electron chi connectivity index (χ0n) is 11.1. The van der Waals surface area contributed by atoms with Gasteiger partial charge in [0.1, 0.15) is 11.4 Å². The molecule has 106 valence electrons. The quantitative estimate of drug-likeness (QED) is 0.800. The van der Waals surface area contributed by atoms with Gasteiger partial charge in [0.2, 0.25) is 5.88 Å². The summed E-state index contributed by atoms with van der Waals surface area (Å²) in [7, 11) is 1.57. The van der Waals surface area contributed by atoms with E-state index in [1.807, 2.05) is 0 Å². The number of anilines is 1. The smallest absolute Gasteiger partial charge is 0.230 e. The molecule has 0 aliphatic carbocycles. The highest BCUT2D eigenvalue weighted by Crippen LogP contribution is 2.41. The van der Waals surface area contributed by atoms with Crippen LogP contribution in [0.1, 0.15) is 0 Å². The third-order valence-corrected chi connectivity index (χ3v) is 3.24. The van der Waals surface area contributed by atoms with Crippen molar-refractivity contribution in [1.29, 1.82) is 0 Å². The Balaban J connectivity index is 2.24. The number of benzene rings is 1. The highest BCUT2D eigenvalue weighted by atomic mass is 35.5. The zero-order chi connectivity index (χ0) is 14.8. The minimum atomic E-state index is 0.183. The third-order valence-electron chi connectivity index (χ3n) is 3.01. The molecule has 0 aliphatic rings. The number of ether oxygens (including phenoxy) is 1. The van der Waals surface area contributed by atoms with Crippen LogP contribution in [-0.4, -0.2) is 22.5 Å². The van der Waals surface area contributed by atoms with Gasteiger partial charge in [-0.05, 0) is 24.3 Å². The molecule has 0 bridgehead atoms. The van der Waals surface area contributed by atoms with Gasteiger partial charge >= 0.3 is 0 Å². The summed E-state index contributed by atoms with van der Waals surface area (Å²) in [5.41, 5.74) is 8.53. The van der Waals surface area contributed by atoms with E-state index < -0.39 is 0 Å². The van der Waals surface area contributed by atoms with Crippen molar-refractivity contribution in [1.82, 2.24) is 15.4 Å². The van der Waals surface area contributed by atoms with Crippen molar-refractivity contribution in [3.63, 3.8) is 0 Å². The van der Waals surface area contributed by atoms with Gasteiger partial charge in [0.05, 0.1) is 25.1 Å². The van der Waals surface area contributed by atoms with Crippen molar-refractivity contribution in [3.05, 3.63) is 41.7 Å². The van der Waals surface area contributed by atoms with E-state index in [-0.39, 0.29) is 5.88 Å². The number of hydrogen-bond donors (Lipinski definition) is 1. The van der Waals surface area contributed by atoms with Gasteiger partial charge in [-0.3, -0.25) is 0 Å². The van der Waals surface area contributed by atoms with Gasteiger partial charge in [0, 0.05) is 16.1 Å². The van der Waals surface area contributed by atoms with E-state index in [9.17, 15) is 0 Å². The molecule has 3 rings (SSSR count). The lowest BCUT2D eigenvalue weighted by atomic mass is 10.0. The van der Waals surface area contributed by atoms with Crippen LogP contribution in [0.4, 0.5) is 5.88 Å². The molecule has 0 unspecified atom stereocenters. The largest absolute Gasteiger partial charge is 0.496 e. The van der Waals surface area contributed by atoms with E-state index in [0.29, 0.717) is 27.6 Å². The molecular weight excluding hydrogens is 292 g/mol. The Morgan fingerprint density at radius 2 is 2.10 bits per heavy atom. The van der Waals surface area contributed by atoms with Crippen molar-refractivity contribution in [2.24, 2.45) is 0 Å². The Hall–Kier alpha value is -2.60. The SMILES string of the molecule is COc1ccc(Cl)cc1-c1c(-c2ccnnc2)noc1N. The first kappa shape index (κ1) is 13.4. The second kappa shape index (κ2) is 5.41. The highest BCUT2D eigenvalue weighted by Gasteiger charge is 2.21. The van der Waals surface area contributed by atoms with Crippen LogP contribution in [0.3, 0.4) is 0 Å². The molecule has 3 aromatic rings. The number of methoxy groups -OCH3 is 1. The van der Waals surface area contributed by atoms with Crippen molar-refractivity contribution < 1.29 is 9.26 Å². The molecule has 0 saturated carbocycles. The Kier molecular flexibility index (Phi) is 3.45. The molecule has 0 atom stereocenters. The molecular formula is C14H11ClN4O2. The molecule has 0 saturated heterocycles. The fourth-order valence-corrected chi connectivity index (χ4v) is 2.24. The zero-order valence-corrected chi connectivity index (χ0v) is 11.8. The van der Waals surface area contributed by atoms with Gasteiger partial charge in [0.25, 0.3) is 0 Å². The molecule has 2 aromatic heterocycles. The molecule has 0 fully saturated rings. The molecule has 0 spiro atoms. The Morgan fingerprint density at radius 3 is 2.81 bits per heavy atom. The summed E-state index contributed by atoms with van der Waals surface area (Å²) in [5.74, 6) is 0.806. The molecule has 21 heavy (non-hydrogen) atoms. The van der Waals surface area contributed by atoms with Crippen LogP contribution in [0, 0.1) is 0 Å². The lowest BCUT2D eigenvalue weighted by Crippen LogP contribution is -1.93. The van der Waals surface area contributed by atoms with Gasteiger partial charge in [0.15, 0.2) is 0 Å². The minimum absolute atomic E-state index is 0.183. The van der Waals surface area contributed by atoms with Gasteiger partial charge in [-0.1, -0.05) is 16.8 Å². The second-order valence-corrected chi connectivity index (χ2v) is 4.68. The summed E-state index contributed by atoms with van der Waals surface area (Å²) in [6.07, 6.45) is 3.15. The maximum absolute atomic E-state index is 6.07. The third kappa shape index (κ3) is 2.41. The number of nitrogen functional groups attached to an aromatic ring is 1. The number of halogens is 1. The monoisotopic (exact) mass is 302 g/mol. The van der Waals surface area contributed by atoms with E-state index in [1.165, 1.54) is 0 Å². The van der Waals surface area contributed by atoms with Crippen LogP contribution < -0.4 is 10.5 Å². The van der Waals surface area contributed by atoms with Gasteiger partial charge < -0.3 is 15.0 Å². The Morgan fingerprint density at radius 1 is 1.24 bits per heavy atom. The molecule has 0 radical (unpaired) electrons. The summed E-state index contributed by atoms with van der Waals surface area (Å²) in [6, 6.07) is 7.02. The lowest BCUT2D eigenvalue weighted by molar-refractivity contribution is 0.416. The number of rotatable bonds is 3. The fourth-order valence-electron chi connectivity index (χ4n) is 2.07. The van der Waals surface area contributed by atoms with Crippen LogP contribution in [0.25, 0.3) is 22.4 Å². The molecule has 0 aliphatic heterocycles. The topological polar surface area (TPSA) is 87.1 Å². The average molecular weight is 303 g/mol. The predicted molar refractivity (Wildman–Crippen MR) is 78.9 cm³/mol. The minimum Gasteiger partial charge on any atom is -0.496 e. The average Bonchev–Trinajstić information content (AvgIpc) is 2.89. The van der Waals surface area contributed by atoms with Crippen LogP contribution in [-0.2, 0) is 0 Å². The van der Waals surface area contributed by atoms with Crippen molar-refractivity contribution in [3.8, 4) is 28.1 Å². The number of nitrogens with two attached hydrogens (primary N) is 1.